The number of carbonyl (C=O) groups excluding carboxylic acids is 1. The van der Waals surface area contributed by atoms with Crippen LogP contribution in [0.4, 0.5) is 0 Å². The Morgan fingerprint density at radius 2 is 1.88 bits per heavy atom. The maximum atomic E-state index is 13.0. The van der Waals surface area contributed by atoms with Crippen LogP contribution in [0.5, 0.6) is 5.75 Å². The van der Waals surface area contributed by atoms with Crippen molar-refractivity contribution >= 4 is 5.91 Å². The van der Waals surface area contributed by atoms with E-state index < -0.39 is 0 Å². The second-order valence-corrected chi connectivity index (χ2v) is 9.15. The number of likely N-dealkylation sites (tertiary alicyclic amines) is 2. The van der Waals surface area contributed by atoms with Crippen LogP contribution in [0, 0.1) is 5.41 Å². The van der Waals surface area contributed by atoms with Gasteiger partial charge in [0, 0.05) is 51.1 Å². The van der Waals surface area contributed by atoms with Crippen molar-refractivity contribution in [3.8, 4) is 5.75 Å². The summed E-state index contributed by atoms with van der Waals surface area (Å²) in [6.45, 7) is 4.33. The van der Waals surface area contributed by atoms with E-state index in [9.17, 15) is 4.79 Å². The van der Waals surface area contributed by atoms with Crippen molar-refractivity contribution in [1.29, 1.82) is 0 Å². The highest BCUT2D eigenvalue weighted by Gasteiger charge is 2.56. The summed E-state index contributed by atoms with van der Waals surface area (Å²) in [4.78, 5) is 17.5. The molecule has 166 valence electrons. The number of amides is 1. The van der Waals surface area contributed by atoms with Crippen molar-refractivity contribution < 1.29 is 9.53 Å². The number of nitrogens with zero attached hydrogens (tertiary/aromatic N) is 5. The number of aryl methyl sites for hydroxylation is 1. The Balaban J connectivity index is 1.30. The second kappa shape index (κ2) is 8.39. The molecule has 0 radical (unpaired) electrons. The molecule has 0 N–H and O–H groups in total. The average Bonchev–Trinajstić information content (AvgIpc) is 3.36. The molecule has 2 aliphatic heterocycles. The van der Waals surface area contributed by atoms with Crippen molar-refractivity contribution in [2.45, 2.75) is 18.9 Å². The normalized spacial score (nSPS) is 19.8. The van der Waals surface area contributed by atoms with E-state index >= 15 is 0 Å². The quantitative estimate of drug-likeness (QED) is 0.600. The third-order valence-electron chi connectivity index (χ3n) is 6.88. The molecular formula is C25H29N5O2. The van der Waals surface area contributed by atoms with E-state index in [1.54, 1.807) is 13.4 Å². The lowest BCUT2D eigenvalue weighted by Crippen LogP contribution is -2.62. The molecule has 1 amide bonds. The molecule has 7 nitrogen and oxygen atoms in total. The summed E-state index contributed by atoms with van der Waals surface area (Å²) < 4.78 is 7.32. The van der Waals surface area contributed by atoms with Gasteiger partial charge in [0.1, 0.15) is 17.9 Å². The first-order valence-corrected chi connectivity index (χ1v) is 11.1. The van der Waals surface area contributed by atoms with Crippen molar-refractivity contribution in [1.82, 2.24) is 24.6 Å². The molecule has 0 aliphatic carbocycles. The summed E-state index contributed by atoms with van der Waals surface area (Å²) in [5.74, 6) is 2.23. The molecule has 2 fully saturated rings. The highest BCUT2D eigenvalue weighted by Crippen LogP contribution is 2.49. The zero-order chi connectivity index (χ0) is 22.1. The molecule has 2 saturated heterocycles. The molecule has 1 spiro atoms. The first-order chi connectivity index (χ1) is 15.6. The van der Waals surface area contributed by atoms with Crippen LogP contribution in [0.15, 0.2) is 60.9 Å². The minimum atomic E-state index is 0.0274. The van der Waals surface area contributed by atoms with E-state index in [4.69, 9.17) is 4.74 Å². The predicted octanol–water partition coefficient (Wildman–Crippen LogP) is 2.49. The summed E-state index contributed by atoms with van der Waals surface area (Å²) in [6.07, 6.45) is 2.17. The summed E-state index contributed by atoms with van der Waals surface area (Å²) in [5, 5.41) is 8.57. The second-order valence-electron chi connectivity index (χ2n) is 9.15. The molecular weight excluding hydrogens is 402 g/mol. The monoisotopic (exact) mass is 431 g/mol. The number of aromatic nitrogens is 3. The minimum absolute atomic E-state index is 0.0274. The molecule has 2 aliphatic rings. The van der Waals surface area contributed by atoms with Crippen LogP contribution < -0.4 is 4.74 Å². The van der Waals surface area contributed by atoms with E-state index in [2.05, 4.69) is 45.4 Å². The fourth-order valence-corrected chi connectivity index (χ4v) is 5.28. The van der Waals surface area contributed by atoms with Crippen LogP contribution in [0.1, 0.15) is 22.9 Å². The van der Waals surface area contributed by atoms with Gasteiger partial charge in [0.25, 0.3) is 0 Å². The van der Waals surface area contributed by atoms with E-state index in [1.165, 1.54) is 5.56 Å². The molecule has 1 aromatic heterocycles. The molecule has 2 aromatic carbocycles. The zero-order valence-electron chi connectivity index (χ0n) is 18.6. The zero-order valence-corrected chi connectivity index (χ0v) is 18.6. The number of ether oxygens (including phenoxy) is 1. The van der Waals surface area contributed by atoms with Crippen molar-refractivity contribution in [2.75, 3.05) is 33.3 Å². The molecule has 1 atom stereocenters. The first kappa shape index (κ1) is 20.7. The van der Waals surface area contributed by atoms with Gasteiger partial charge >= 0.3 is 0 Å². The van der Waals surface area contributed by atoms with Gasteiger partial charge in [0.2, 0.25) is 5.91 Å². The third kappa shape index (κ3) is 3.88. The molecule has 5 rings (SSSR count). The maximum absolute atomic E-state index is 13.0. The number of carbonyl (C=O) groups is 1. The smallest absolute Gasteiger partial charge is 0.227 e. The summed E-state index contributed by atoms with van der Waals surface area (Å²) in [5.41, 5.74) is 2.32. The molecule has 1 unspecified atom stereocenters. The van der Waals surface area contributed by atoms with Gasteiger partial charge in [-0.05, 0) is 23.3 Å². The Morgan fingerprint density at radius 3 is 2.59 bits per heavy atom. The van der Waals surface area contributed by atoms with Gasteiger partial charge in [-0.15, -0.1) is 10.2 Å². The van der Waals surface area contributed by atoms with Gasteiger partial charge in [0.15, 0.2) is 0 Å². The fourth-order valence-electron chi connectivity index (χ4n) is 5.28. The number of hydrogen-bond donors (Lipinski definition) is 0. The lowest BCUT2D eigenvalue weighted by atomic mass is 9.71. The third-order valence-corrected chi connectivity index (χ3v) is 6.88. The molecule has 3 heterocycles. The van der Waals surface area contributed by atoms with Crippen LogP contribution in [0.3, 0.4) is 0 Å². The van der Waals surface area contributed by atoms with Gasteiger partial charge in [0.05, 0.1) is 13.5 Å². The average molecular weight is 432 g/mol. The molecule has 32 heavy (non-hydrogen) atoms. The number of rotatable bonds is 6. The fraction of sp³-hybridized carbons (Fsp3) is 0.400. The van der Waals surface area contributed by atoms with Gasteiger partial charge in [-0.3, -0.25) is 9.69 Å². The van der Waals surface area contributed by atoms with E-state index in [-0.39, 0.29) is 17.2 Å². The Hall–Kier alpha value is -3.19. The van der Waals surface area contributed by atoms with Crippen LogP contribution in [0.2, 0.25) is 0 Å². The first-order valence-electron chi connectivity index (χ1n) is 11.1. The Kier molecular flexibility index (Phi) is 5.43. The molecule has 7 heteroatoms. The Labute approximate surface area is 188 Å². The lowest BCUT2D eigenvalue weighted by Gasteiger charge is -2.50. The van der Waals surface area contributed by atoms with Crippen molar-refractivity contribution in [2.24, 2.45) is 12.5 Å². The topological polar surface area (TPSA) is 63.5 Å². The van der Waals surface area contributed by atoms with Crippen LogP contribution in [-0.4, -0.2) is 63.8 Å². The molecule has 0 saturated carbocycles. The lowest BCUT2D eigenvalue weighted by molar-refractivity contribution is -0.142. The van der Waals surface area contributed by atoms with Crippen LogP contribution in [0.25, 0.3) is 0 Å². The van der Waals surface area contributed by atoms with E-state index in [0.29, 0.717) is 6.42 Å². The number of hydrogen-bond acceptors (Lipinski definition) is 5. The highest BCUT2D eigenvalue weighted by molar-refractivity contribution is 5.80. The SMILES string of the molecule is COc1cccc(CC(=O)N2CC3(CN(Cc4ccccc4)CC3c3nncn3C)C2)c1. The number of methoxy groups -OCH3 is 1. The van der Waals surface area contributed by atoms with Gasteiger partial charge in [-0.25, -0.2) is 0 Å². The summed E-state index contributed by atoms with van der Waals surface area (Å²) >= 11 is 0. The summed E-state index contributed by atoms with van der Waals surface area (Å²) in [6, 6.07) is 18.3. The molecule has 0 bridgehead atoms. The van der Waals surface area contributed by atoms with E-state index in [0.717, 1.165) is 49.9 Å². The largest absolute Gasteiger partial charge is 0.497 e. The van der Waals surface area contributed by atoms with Crippen molar-refractivity contribution in [3.05, 3.63) is 77.9 Å². The number of benzene rings is 2. The summed E-state index contributed by atoms with van der Waals surface area (Å²) in [7, 11) is 3.65. The Morgan fingerprint density at radius 1 is 1.09 bits per heavy atom. The predicted molar refractivity (Wildman–Crippen MR) is 121 cm³/mol. The van der Waals surface area contributed by atoms with Crippen molar-refractivity contribution in [3.63, 3.8) is 0 Å². The van der Waals surface area contributed by atoms with Crippen LogP contribution in [-0.2, 0) is 24.8 Å². The van der Waals surface area contributed by atoms with E-state index in [1.807, 2.05) is 40.8 Å². The maximum Gasteiger partial charge on any atom is 0.227 e. The molecule has 3 aromatic rings. The minimum Gasteiger partial charge on any atom is -0.497 e. The standard InChI is InChI=1S/C25H29N5O2/c1-28-18-26-27-24(28)22-14-29(13-19-7-4-3-5-8-19)15-25(22)16-30(17-25)23(31)12-20-9-6-10-21(11-20)32-2/h3-11,18,22H,12-17H2,1-2H3. The van der Waals surface area contributed by atoms with Gasteiger partial charge in [-0.2, -0.15) is 0 Å². The van der Waals surface area contributed by atoms with Crippen LogP contribution >= 0.6 is 0 Å². The van der Waals surface area contributed by atoms with Gasteiger partial charge < -0.3 is 14.2 Å². The highest BCUT2D eigenvalue weighted by atomic mass is 16.5. The Bertz CT molecular complexity index is 1090. The van der Waals surface area contributed by atoms with Gasteiger partial charge in [-0.1, -0.05) is 42.5 Å².